The molecule has 0 saturated carbocycles. The molecule has 0 atom stereocenters. The predicted molar refractivity (Wildman–Crippen MR) is 125 cm³/mol. The Labute approximate surface area is 197 Å². The first-order valence-electron chi connectivity index (χ1n) is 10.2. The average molecular weight is 480 g/mol. The first kappa shape index (κ1) is 23.4. The lowest BCUT2D eigenvalue weighted by molar-refractivity contribution is -0.111. The summed E-state index contributed by atoms with van der Waals surface area (Å²) < 4.78 is 42.1. The summed E-state index contributed by atoms with van der Waals surface area (Å²) in [7, 11) is 1.75. The smallest absolute Gasteiger partial charge is 0.280 e. The highest BCUT2D eigenvalue weighted by molar-refractivity contribution is 5.99. The standard InChI is InChI=1S/C23H19F3N8O/c1-3-20(35)30-14-5-6-17(24)19(8-14)32-22-16(13-4-7-18(21(25)26)27-9-13)11-28-23(33-22)31-15-10-29-34(2)12-15/h3-12,21H,1H2,2H3,(H,30,35)(H2,28,31,32,33). The van der Waals surface area contributed by atoms with Gasteiger partial charge in [0.25, 0.3) is 6.43 Å². The number of alkyl halides is 2. The molecule has 178 valence electrons. The van der Waals surface area contributed by atoms with E-state index in [0.717, 1.165) is 6.08 Å². The highest BCUT2D eigenvalue weighted by Crippen LogP contribution is 2.32. The normalized spacial score (nSPS) is 10.8. The van der Waals surface area contributed by atoms with E-state index in [4.69, 9.17) is 0 Å². The number of aromatic nitrogens is 5. The summed E-state index contributed by atoms with van der Waals surface area (Å²) in [4.78, 5) is 24.1. The van der Waals surface area contributed by atoms with E-state index in [2.05, 4.69) is 42.6 Å². The Morgan fingerprint density at radius 1 is 1.09 bits per heavy atom. The SMILES string of the molecule is C=CC(=O)Nc1ccc(F)c(Nc2nc(Nc3cnn(C)c3)ncc2-c2ccc(C(F)F)nc2)c1. The Kier molecular flexibility index (Phi) is 6.71. The molecule has 1 amide bonds. The maximum Gasteiger partial charge on any atom is 0.280 e. The van der Waals surface area contributed by atoms with E-state index < -0.39 is 18.1 Å². The van der Waals surface area contributed by atoms with E-state index in [0.29, 0.717) is 22.5 Å². The Balaban J connectivity index is 1.73. The van der Waals surface area contributed by atoms with Crippen LogP contribution >= 0.6 is 0 Å². The van der Waals surface area contributed by atoms with E-state index in [1.807, 2.05) is 0 Å². The summed E-state index contributed by atoms with van der Waals surface area (Å²) >= 11 is 0. The number of nitrogens with one attached hydrogen (secondary N) is 3. The quantitative estimate of drug-likeness (QED) is 0.306. The van der Waals surface area contributed by atoms with Gasteiger partial charge in [0.15, 0.2) is 0 Å². The number of anilines is 5. The average Bonchev–Trinajstić information content (AvgIpc) is 3.25. The lowest BCUT2D eigenvalue weighted by atomic mass is 10.1. The maximum absolute atomic E-state index is 14.6. The number of pyridine rings is 1. The van der Waals surface area contributed by atoms with Crippen molar-refractivity contribution in [2.45, 2.75) is 6.43 Å². The Hall–Kier alpha value is -4.74. The third kappa shape index (κ3) is 5.61. The Morgan fingerprint density at radius 2 is 1.91 bits per heavy atom. The van der Waals surface area contributed by atoms with Crippen molar-refractivity contribution in [1.82, 2.24) is 24.7 Å². The highest BCUT2D eigenvalue weighted by Gasteiger charge is 2.15. The third-order valence-electron chi connectivity index (χ3n) is 4.74. The number of aryl methyl sites for hydroxylation is 1. The summed E-state index contributed by atoms with van der Waals surface area (Å²) in [5, 5.41) is 12.5. The van der Waals surface area contributed by atoms with Gasteiger partial charge in [-0.2, -0.15) is 10.1 Å². The minimum absolute atomic E-state index is 0.0105. The number of amides is 1. The van der Waals surface area contributed by atoms with Crippen LogP contribution in [0.2, 0.25) is 0 Å². The van der Waals surface area contributed by atoms with Crippen molar-refractivity contribution in [3.8, 4) is 11.1 Å². The molecule has 0 aliphatic carbocycles. The predicted octanol–water partition coefficient (Wildman–Crippen LogP) is 4.96. The molecule has 0 spiro atoms. The zero-order valence-corrected chi connectivity index (χ0v) is 18.3. The molecule has 4 aromatic rings. The molecular formula is C23H19F3N8O. The van der Waals surface area contributed by atoms with Gasteiger partial charge in [0.1, 0.15) is 17.3 Å². The van der Waals surface area contributed by atoms with Crippen molar-refractivity contribution in [3.63, 3.8) is 0 Å². The fraction of sp³-hybridized carbons (Fsp3) is 0.0870. The second kappa shape index (κ2) is 10.0. The minimum Gasteiger partial charge on any atom is -0.337 e. The lowest BCUT2D eigenvalue weighted by Gasteiger charge is -2.14. The van der Waals surface area contributed by atoms with Crippen LogP contribution in [0.3, 0.4) is 0 Å². The van der Waals surface area contributed by atoms with E-state index in [1.54, 1.807) is 24.1 Å². The number of rotatable bonds is 8. The molecule has 9 nitrogen and oxygen atoms in total. The summed E-state index contributed by atoms with van der Waals surface area (Å²) in [6.07, 6.45) is 4.37. The van der Waals surface area contributed by atoms with Gasteiger partial charge < -0.3 is 16.0 Å². The fourth-order valence-electron chi connectivity index (χ4n) is 3.08. The van der Waals surface area contributed by atoms with Gasteiger partial charge >= 0.3 is 0 Å². The number of carbonyl (C=O) groups excluding carboxylic acids is 1. The second-order valence-electron chi connectivity index (χ2n) is 7.27. The van der Waals surface area contributed by atoms with E-state index in [-0.39, 0.29) is 23.1 Å². The second-order valence-corrected chi connectivity index (χ2v) is 7.27. The zero-order chi connectivity index (χ0) is 24.9. The molecule has 0 bridgehead atoms. The molecule has 0 saturated heterocycles. The molecule has 0 unspecified atom stereocenters. The molecule has 0 fully saturated rings. The first-order chi connectivity index (χ1) is 16.8. The topological polar surface area (TPSA) is 110 Å². The summed E-state index contributed by atoms with van der Waals surface area (Å²) in [5.74, 6) is -0.723. The number of benzene rings is 1. The Morgan fingerprint density at radius 3 is 2.57 bits per heavy atom. The highest BCUT2D eigenvalue weighted by atomic mass is 19.3. The van der Waals surface area contributed by atoms with Crippen LogP contribution in [0.4, 0.5) is 42.0 Å². The van der Waals surface area contributed by atoms with Gasteiger partial charge in [-0.25, -0.2) is 18.2 Å². The van der Waals surface area contributed by atoms with Crippen LogP contribution in [0.1, 0.15) is 12.1 Å². The van der Waals surface area contributed by atoms with Gasteiger partial charge in [-0.1, -0.05) is 12.6 Å². The van der Waals surface area contributed by atoms with Crippen molar-refractivity contribution in [2.24, 2.45) is 7.05 Å². The molecule has 3 heterocycles. The van der Waals surface area contributed by atoms with Gasteiger partial charge in [-0.3, -0.25) is 14.5 Å². The van der Waals surface area contributed by atoms with Crippen molar-refractivity contribution in [2.75, 3.05) is 16.0 Å². The summed E-state index contributed by atoms with van der Waals surface area (Å²) in [5.41, 5.74) is 1.39. The fourth-order valence-corrected chi connectivity index (χ4v) is 3.08. The Bertz CT molecular complexity index is 1370. The van der Waals surface area contributed by atoms with Crippen LogP contribution in [0.5, 0.6) is 0 Å². The molecule has 3 N–H and O–H groups in total. The van der Waals surface area contributed by atoms with Crippen LogP contribution in [0.25, 0.3) is 11.1 Å². The van der Waals surface area contributed by atoms with E-state index in [9.17, 15) is 18.0 Å². The first-order valence-corrected chi connectivity index (χ1v) is 10.2. The van der Waals surface area contributed by atoms with E-state index >= 15 is 0 Å². The van der Waals surface area contributed by atoms with Crippen LogP contribution in [0.15, 0.2) is 67.8 Å². The van der Waals surface area contributed by atoms with Gasteiger partial charge in [0.05, 0.1) is 17.6 Å². The number of halogens is 3. The van der Waals surface area contributed by atoms with Gasteiger partial charge in [0, 0.05) is 42.5 Å². The van der Waals surface area contributed by atoms with Crippen molar-refractivity contribution >= 4 is 34.7 Å². The largest absolute Gasteiger partial charge is 0.337 e. The minimum atomic E-state index is -2.72. The van der Waals surface area contributed by atoms with Gasteiger partial charge in [0.2, 0.25) is 11.9 Å². The lowest BCUT2D eigenvalue weighted by Crippen LogP contribution is -2.08. The summed E-state index contributed by atoms with van der Waals surface area (Å²) in [6.45, 7) is 3.39. The van der Waals surface area contributed by atoms with Crippen LogP contribution < -0.4 is 16.0 Å². The molecule has 35 heavy (non-hydrogen) atoms. The molecular weight excluding hydrogens is 461 g/mol. The molecule has 12 heteroatoms. The van der Waals surface area contributed by atoms with Crippen molar-refractivity contribution in [3.05, 3.63) is 79.3 Å². The van der Waals surface area contributed by atoms with Crippen LogP contribution in [-0.4, -0.2) is 30.6 Å². The molecule has 1 aromatic carbocycles. The third-order valence-corrected chi connectivity index (χ3v) is 4.74. The number of hydrogen-bond donors (Lipinski definition) is 3. The molecule has 0 aliphatic rings. The number of carbonyl (C=O) groups is 1. The molecule has 4 rings (SSSR count). The number of hydrogen-bond acceptors (Lipinski definition) is 7. The zero-order valence-electron chi connectivity index (χ0n) is 18.3. The number of nitrogens with zero attached hydrogens (tertiary/aromatic N) is 5. The summed E-state index contributed by atoms with van der Waals surface area (Å²) in [6, 6.07) is 6.59. The van der Waals surface area contributed by atoms with Crippen LogP contribution in [0, 0.1) is 5.82 Å². The maximum atomic E-state index is 14.6. The molecule has 3 aromatic heterocycles. The molecule has 0 aliphatic heterocycles. The van der Waals surface area contributed by atoms with E-state index in [1.165, 1.54) is 42.7 Å². The van der Waals surface area contributed by atoms with Crippen molar-refractivity contribution < 1.29 is 18.0 Å². The van der Waals surface area contributed by atoms with Gasteiger partial charge in [-0.15, -0.1) is 0 Å². The van der Waals surface area contributed by atoms with Crippen LogP contribution in [-0.2, 0) is 11.8 Å². The van der Waals surface area contributed by atoms with Crippen molar-refractivity contribution in [1.29, 1.82) is 0 Å². The van der Waals surface area contributed by atoms with Gasteiger partial charge in [-0.05, 0) is 30.3 Å². The monoisotopic (exact) mass is 480 g/mol. The molecule has 0 radical (unpaired) electrons.